The monoisotopic (exact) mass is 325 g/mol. The maximum atomic E-state index is 6.61. The van der Waals surface area contributed by atoms with E-state index in [9.17, 15) is 0 Å². The first-order valence-electron chi connectivity index (χ1n) is 6.90. The SMILES string of the molecule is COc1cc(C2(N)CCCC2)c(Br)c2c1OC(C)C2. The maximum Gasteiger partial charge on any atom is 0.166 e. The topological polar surface area (TPSA) is 44.5 Å². The molecule has 4 heteroatoms. The summed E-state index contributed by atoms with van der Waals surface area (Å²) in [5.41, 5.74) is 8.78. The molecule has 1 unspecified atom stereocenters. The van der Waals surface area contributed by atoms with Crippen molar-refractivity contribution in [1.82, 2.24) is 0 Å². The Morgan fingerprint density at radius 1 is 1.42 bits per heavy atom. The molecule has 1 saturated carbocycles. The zero-order valence-electron chi connectivity index (χ0n) is 11.5. The summed E-state index contributed by atoms with van der Waals surface area (Å²) in [4.78, 5) is 0. The van der Waals surface area contributed by atoms with Crippen molar-refractivity contribution < 1.29 is 9.47 Å². The largest absolute Gasteiger partial charge is 0.493 e. The van der Waals surface area contributed by atoms with Gasteiger partial charge in [-0.05, 0) is 31.4 Å². The normalized spacial score (nSPS) is 24.1. The zero-order valence-corrected chi connectivity index (χ0v) is 13.0. The van der Waals surface area contributed by atoms with Crippen molar-refractivity contribution in [2.45, 2.75) is 50.7 Å². The Labute approximate surface area is 122 Å². The molecule has 3 nitrogen and oxygen atoms in total. The van der Waals surface area contributed by atoms with Gasteiger partial charge >= 0.3 is 0 Å². The Hall–Kier alpha value is -0.740. The van der Waals surface area contributed by atoms with E-state index in [4.69, 9.17) is 15.2 Å². The van der Waals surface area contributed by atoms with E-state index in [1.807, 2.05) is 0 Å². The van der Waals surface area contributed by atoms with Gasteiger partial charge in [-0.25, -0.2) is 0 Å². The number of halogens is 1. The van der Waals surface area contributed by atoms with Gasteiger partial charge in [-0.1, -0.05) is 28.8 Å². The molecule has 19 heavy (non-hydrogen) atoms. The quantitative estimate of drug-likeness (QED) is 0.904. The lowest BCUT2D eigenvalue weighted by Crippen LogP contribution is -2.33. The van der Waals surface area contributed by atoms with Crippen LogP contribution in [0.1, 0.15) is 43.7 Å². The van der Waals surface area contributed by atoms with Crippen molar-refractivity contribution >= 4 is 15.9 Å². The van der Waals surface area contributed by atoms with E-state index in [1.165, 1.54) is 24.0 Å². The van der Waals surface area contributed by atoms with Gasteiger partial charge in [0.15, 0.2) is 11.5 Å². The van der Waals surface area contributed by atoms with E-state index in [2.05, 4.69) is 28.9 Å². The highest BCUT2D eigenvalue weighted by molar-refractivity contribution is 9.10. The first-order valence-corrected chi connectivity index (χ1v) is 7.70. The fourth-order valence-corrected chi connectivity index (χ4v) is 4.15. The third-order valence-corrected chi connectivity index (χ3v) is 5.24. The van der Waals surface area contributed by atoms with E-state index in [1.54, 1.807) is 7.11 Å². The highest BCUT2D eigenvalue weighted by atomic mass is 79.9. The molecule has 104 valence electrons. The number of hydrogen-bond acceptors (Lipinski definition) is 3. The minimum Gasteiger partial charge on any atom is -0.493 e. The summed E-state index contributed by atoms with van der Waals surface area (Å²) >= 11 is 3.75. The van der Waals surface area contributed by atoms with Gasteiger partial charge < -0.3 is 15.2 Å². The van der Waals surface area contributed by atoms with Gasteiger partial charge in [-0.15, -0.1) is 0 Å². The lowest BCUT2D eigenvalue weighted by atomic mass is 9.87. The predicted octanol–water partition coefficient (Wildman–Crippen LogP) is 3.51. The van der Waals surface area contributed by atoms with Gasteiger partial charge in [0, 0.05) is 22.0 Å². The third-order valence-electron chi connectivity index (χ3n) is 4.34. The average Bonchev–Trinajstić information content (AvgIpc) is 2.97. The second kappa shape index (κ2) is 4.67. The minimum atomic E-state index is -0.215. The second-order valence-corrected chi connectivity index (χ2v) is 6.54. The molecule has 1 aliphatic heterocycles. The Bertz CT molecular complexity index is 509. The highest BCUT2D eigenvalue weighted by Crippen LogP contribution is 2.49. The Morgan fingerprint density at radius 2 is 2.11 bits per heavy atom. The molecule has 0 radical (unpaired) electrons. The standard InChI is InChI=1S/C15H20BrNO2/c1-9-7-10-13(16)11(15(17)5-3-4-6-15)8-12(18-2)14(10)19-9/h8-9H,3-7,17H2,1-2H3. The van der Waals surface area contributed by atoms with Crippen molar-refractivity contribution in [3.63, 3.8) is 0 Å². The summed E-state index contributed by atoms with van der Waals surface area (Å²) < 4.78 is 12.5. The molecule has 1 aromatic rings. The van der Waals surface area contributed by atoms with E-state index < -0.39 is 0 Å². The van der Waals surface area contributed by atoms with E-state index >= 15 is 0 Å². The summed E-state index contributed by atoms with van der Waals surface area (Å²) in [5, 5.41) is 0. The van der Waals surface area contributed by atoms with Crippen LogP contribution < -0.4 is 15.2 Å². The first kappa shape index (κ1) is 13.3. The number of hydrogen-bond donors (Lipinski definition) is 1. The van der Waals surface area contributed by atoms with Gasteiger partial charge in [0.25, 0.3) is 0 Å². The van der Waals surface area contributed by atoms with Crippen molar-refractivity contribution in [1.29, 1.82) is 0 Å². The van der Waals surface area contributed by atoms with Crippen LogP contribution in [0.5, 0.6) is 11.5 Å². The molecule has 2 N–H and O–H groups in total. The number of benzene rings is 1. The summed E-state index contributed by atoms with van der Waals surface area (Å²) in [6.07, 6.45) is 5.61. The lowest BCUT2D eigenvalue weighted by Gasteiger charge is -2.27. The summed E-state index contributed by atoms with van der Waals surface area (Å²) in [7, 11) is 1.69. The number of fused-ring (bicyclic) bond motifs is 1. The van der Waals surface area contributed by atoms with Crippen LogP contribution in [0.4, 0.5) is 0 Å². The van der Waals surface area contributed by atoms with Crippen LogP contribution in [0.3, 0.4) is 0 Å². The van der Waals surface area contributed by atoms with Crippen LogP contribution in [-0.2, 0) is 12.0 Å². The molecule has 0 spiro atoms. The van der Waals surface area contributed by atoms with Crippen LogP contribution in [-0.4, -0.2) is 13.2 Å². The zero-order chi connectivity index (χ0) is 13.6. The molecule has 1 aromatic carbocycles. The number of ether oxygens (including phenoxy) is 2. The molecule has 0 saturated heterocycles. The Kier molecular flexibility index (Phi) is 3.26. The molecule has 0 bridgehead atoms. The molecular formula is C15H20BrNO2. The van der Waals surface area contributed by atoms with Gasteiger partial charge in [0.1, 0.15) is 6.10 Å². The van der Waals surface area contributed by atoms with Gasteiger partial charge in [-0.2, -0.15) is 0 Å². The summed E-state index contributed by atoms with van der Waals surface area (Å²) in [6.45, 7) is 2.08. The minimum absolute atomic E-state index is 0.202. The summed E-state index contributed by atoms with van der Waals surface area (Å²) in [5.74, 6) is 1.70. The van der Waals surface area contributed by atoms with Crippen LogP contribution in [0, 0.1) is 0 Å². The van der Waals surface area contributed by atoms with Crippen LogP contribution in [0.2, 0.25) is 0 Å². The van der Waals surface area contributed by atoms with E-state index in [-0.39, 0.29) is 11.6 Å². The molecule has 2 aliphatic rings. The second-order valence-electron chi connectivity index (χ2n) is 5.74. The molecule has 1 fully saturated rings. The Morgan fingerprint density at radius 3 is 2.74 bits per heavy atom. The van der Waals surface area contributed by atoms with Crippen molar-refractivity contribution in [3.05, 3.63) is 21.7 Å². The first-order chi connectivity index (χ1) is 9.05. The maximum absolute atomic E-state index is 6.61. The van der Waals surface area contributed by atoms with Gasteiger partial charge in [-0.3, -0.25) is 0 Å². The molecular weight excluding hydrogens is 306 g/mol. The van der Waals surface area contributed by atoms with Crippen molar-refractivity contribution in [2.75, 3.05) is 7.11 Å². The third kappa shape index (κ3) is 2.05. The van der Waals surface area contributed by atoms with Crippen molar-refractivity contribution in [3.8, 4) is 11.5 Å². The molecule has 0 amide bonds. The molecule has 1 aliphatic carbocycles. The van der Waals surface area contributed by atoms with E-state index in [0.29, 0.717) is 0 Å². The lowest BCUT2D eigenvalue weighted by molar-refractivity contribution is 0.243. The fraction of sp³-hybridized carbons (Fsp3) is 0.600. The molecule has 1 atom stereocenters. The van der Waals surface area contributed by atoms with E-state index in [0.717, 1.165) is 35.2 Å². The fourth-order valence-electron chi connectivity index (χ4n) is 3.30. The van der Waals surface area contributed by atoms with Crippen LogP contribution >= 0.6 is 15.9 Å². The number of rotatable bonds is 2. The smallest absolute Gasteiger partial charge is 0.166 e. The predicted molar refractivity (Wildman–Crippen MR) is 78.8 cm³/mol. The average molecular weight is 326 g/mol. The number of nitrogens with two attached hydrogens (primary N) is 1. The van der Waals surface area contributed by atoms with Gasteiger partial charge in [0.05, 0.1) is 7.11 Å². The summed E-state index contributed by atoms with van der Waals surface area (Å²) in [6, 6.07) is 2.06. The van der Waals surface area contributed by atoms with Gasteiger partial charge in [0.2, 0.25) is 0 Å². The molecule has 3 rings (SSSR count). The number of methoxy groups -OCH3 is 1. The highest BCUT2D eigenvalue weighted by Gasteiger charge is 2.37. The molecule has 1 heterocycles. The van der Waals surface area contributed by atoms with Crippen LogP contribution in [0.15, 0.2) is 10.5 Å². The van der Waals surface area contributed by atoms with Crippen LogP contribution in [0.25, 0.3) is 0 Å². The molecule has 0 aromatic heterocycles. The van der Waals surface area contributed by atoms with Crippen molar-refractivity contribution in [2.24, 2.45) is 5.73 Å². The Balaban J connectivity index is 2.14.